The monoisotopic (exact) mass is 244 g/mol. The van der Waals surface area contributed by atoms with Gasteiger partial charge < -0.3 is 14.6 Å². The second-order valence-corrected chi connectivity index (χ2v) is 4.39. The first-order valence-electron chi connectivity index (χ1n) is 6.25. The Kier molecular flexibility index (Phi) is 3.12. The van der Waals surface area contributed by atoms with Crippen molar-refractivity contribution < 1.29 is 4.42 Å². The highest BCUT2D eigenvalue weighted by atomic mass is 16.3. The molecule has 0 radical (unpaired) electrons. The van der Waals surface area contributed by atoms with E-state index in [0.717, 1.165) is 30.5 Å². The van der Waals surface area contributed by atoms with Crippen LogP contribution in [0, 0.1) is 0 Å². The molecule has 0 unspecified atom stereocenters. The van der Waals surface area contributed by atoms with Crippen molar-refractivity contribution in [3.63, 3.8) is 0 Å². The quantitative estimate of drug-likeness (QED) is 0.894. The Morgan fingerprint density at radius 2 is 2.17 bits per heavy atom. The minimum absolute atomic E-state index is 0.642. The lowest BCUT2D eigenvalue weighted by molar-refractivity contribution is 0.518. The predicted molar refractivity (Wildman–Crippen MR) is 69.5 cm³/mol. The molecule has 94 valence electrons. The van der Waals surface area contributed by atoms with Crippen molar-refractivity contribution in [2.45, 2.75) is 19.4 Å². The van der Waals surface area contributed by atoms with E-state index in [0.29, 0.717) is 6.54 Å². The summed E-state index contributed by atoms with van der Waals surface area (Å²) in [5.74, 6) is 2.74. The zero-order valence-electron chi connectivity index (χ0n) is 10.2. The lowest BCUT2D eigenvalue weighted by Crippen LogP contribution is -2.19. The molecule has 0 atom stereocenters. The molecule has 1 fully saturated rings. The highest BCUT2D eigenvalue weighted by Crippen LogP contribution is 2.19. The number of hydrogen-bond donors (Lipinski definition) is 1. The second-order valence-electron chi connectivity index (χ2n) is 4.39. The molecular weight excluding hydrogens is 228 g/mol. The van der Waals surface area contributed by atoms with Crippen LogP contribution in [0.5, 0.6) is 0 Å². The average Bonchev–Trinajstić information content (AvgIpc) is 3.10. The molecule has 5 nitrogen and oxygen atoms in total. The highest BCUT2D eigenvalue weighted by molar-refractivity contribution is 5.48. The molecule has 18 heavy (non-hydrogen) atoms. The molecule has 0 saturated carbocycles. The maximum absolute atomic E-state index is 5.27. The van der Waals surface area contributed by atoms with Crippen LogP contribution in [-0.2, 0) is 6.54 Å². The lowest BCUT2D eigenvalue weighted by atomic mass is 10.4. The molecule has 1 saturated heterocycles. The Balaban J connectivity index is 1.66. The van der Waals surface area contributed by atoms with Gasteiger partial charge >= 0.3 is 0 Å². The smallest absolute Gasteiger partial charge is 0.134 e. The predicted octanol–water partition coefficient (Wildman–Crippen LogP) is 2.28. The standard InChI is InChI=1S/C13H16N4O/c1-2-6-17(5-1)13-8-12(15-10-16-13)14-9-11-4-3-7-18-11/h3-4,7-8,10H,1-2,5-6,9H2,(H,14,15,16). The molecule has 0 spiro atoms. The van der Waals surface area contributed by atoms with E-state index < -0.39 is 0 Å². The maximum Gasteiger partial charge on any atom is 0.134 e. The molecule has 2 aromatic heterocycles. The van der Waals surface area contributed by atoms with Crippen LogP contribution in [-0.4, -0.2) is 23.1 Å². The molecule has 5 heteroatoms. The fraction of sp³-hybridized carbons (Fsp3) is 0.385. The van der Waals surface area contributed by atoms with Crippen LogP contribution in [0.3, 0.4) is 0 Å². The van der Waals surface area contributed by atoms with Gasteiger partial charge in [-0.3, -0.25) is 0 Å². The Morgan fingerprint density at radius 1 is 1.28 bits per heavy atom. The molecule has 0 aromatic carbocycles. The van der Waals surface area contributed by atoms with E-state index in [2.05, 4.69) is 20.2 Å². The summed E-state index contributed by atoms with van der Waals surface area (Å²) in [5.41, 5.74) is 0. The summed E-state index contributed by atoms with van der Waals surface area (Å²) in [7, 11) is 0. The number of aromatic nitrogens is 2. The number of furan rings is 1. The third kappa shape index (κ3) is 2.45. The Bertz CT molecular complexity index is 491. The van der Waals surface area contributed by atoms with Crippen LogP contribution in [0.2, 0.25) is 0 Å². The summed E-state index contributed by atoms with van der Waals surface area (Å²) < 4.78 is 5.27. The Hall–Kier alpha value is -2.04. The largest absolute Gasteiger partial charge is 0.467 e. The zero-order valence-corrected chi connectivity index (χ0v) is 10.2. The van der Waals surface area contributed by atoms with Crippen molar-refractivity contribution in [2.75, 3.05) is 23.3 Å². The van der Waals surface area contributed by atoms with E-state index in [1.54, 1.807) is 12.6 Å². The van der Waals surface area contributed by atoms with Crippen LogP contribution in [0.1, 0.15) is 18.6 Å². The van der Waals surface area contributed by atoms with Gasteiger partial charge in [0.05, 0.1) is 12.8 Å². The van der Waals surface area contributed by atoms with E-state index in [1.165, 1.54) is 12.8 Å². The van der Waals surface area contributed by atoms with Crippen LogP contribution >= 0.6 is 0 Å². The van der Waals surface area contributed by atoms with Crippen LogP contribution in [0.4, 0.5) is 11.6 Å². The summed E-state index contributed by atoms with van der Waals surface area (Å²) in [6.45, 7) is 2.83. The number of rotatable bonds is 4. The van der Waals surface area contributed by atoms with Crippen molar-refractivity contribution in [2.24, 2.45) is 0 Å². The normalized spacial score (nSPS) is 15.0. The van der Waals surface area contributed by atoms with Crippen molar-refractivity contribution in [3.8, 4) is 0 Å². The number of hydrogen-bond acceptors (Lipinski definition) is 5. The van der Waals surface area contributed by atoms with E-state index in [9.17, 15) is 0 Å². The molecule has 0 aliphatic carbocycles. The average molecular weight is 244 g/mol. The summed E-state index contributed by atoms with van der Waals surface area (Å²) in [6, 6.07) is 5.82. The van der Waals surface area contributed by atoms with Crippen LogP contribution < -0.4 is 10.2 Å². The number of nitrogens with one attached hydrogen (secondary N) is 1. The maximum atomic E-state index is 5.27. The van der Waals surface area contributed by atoms with E-state index >= 15 is 0 Å². The molecule has 0 amide bonds. The zero-order chi connectivity index (χ0) is 12.2. The third-order valence-corrected chi connectivity index (χ3v) is 3.11. The van der Waals surface area contributed by atoms with Gasteiger partial charge in [-0.05, 0) is 25.0 Å². The van der Waals surface area contributed by atoms with E-state index in [4.69, 9.17) is 4.42 Å². The molecule has 2 aromatic rings. The van der Waals surface area contributed by atoms with Crippen molar-refractivity contribution >= 4 is 11.6 Å². The Labute approximate surface area is 106 Å². The fourth-order valence-electron chi connectivity index (χ4n) is 2.15. The summed E-state index contributed by atoms with van der Waals surface area (Å²) in [4.78, 5) is 10.8. The Morgan fingerprint density at radius 3 is 2.94 bits per heavy atom. The first-order chi connectivity index (χ1) is 8.92. The minimum atomic E-state index is 0.642. The lowest BCUT2D eigenvalue weighted by Gasteiger charge is -2.16. The van der Waals surface area contributed by atoms with Crippen molar-refractivity contribution in [3.05, 3.63) is 36.5 Å². The number of nitrogens with zero attached hydrogens (tertiary/aromatic N) is 3. The third-order valence-electron chi connectivity index (χ3n) is 3.11. The van der Waals surface area contributed by atoms with Gasteiger partial charge in [-0.2, -0.15) is 0 Å². The second kappa shape index (κ2) is 5.08. The fourth-order valence-corrected chi connectivity index (χ4v) is 2.15. The molecule has 3 rings (SSSR count). The first-order valence-corrected chi connectivity index (χ1v) is 6.25. The summed E-state index contributed by atoms with van der Waals surface area (Å²) in [5, 5.41) is 3.24. The highest BCUT2D eigenvalue weighted by Gasteiger charge is 2.13. The van der Waals surface area contributed by atoms with Gasteiger partial charge in [0, 0.05) is 19.2 Å². The number of anilines is 2. The minimum Gasteiger partial charge on any atom is -0.467 e. The summed E-state index contributed by atoms with van der Waals surface area (Å²) >= 11 is 0. The van der Waals surface area contributed by atoms with Gasteiger partial charge in [-0.1, -0.05) is 0 Å². The van der Waals surface area contributed by atoms with Gasteiger partial charge in [0.25, 0.3) is 0 Å². The van der Waals surface area contributed by atoms with Gasteiger partial charge in [0.1, 0.15) is 23.7 Å². The van der Waals surface area contributed by atoms with E-state index in [1.807, 2.05) is 18.2 Å². The SMILES string of the molecule is c1coc(CNc2cc(N3CCCC3)ncn2)c1. The van der Waals surface area contributed by atoms with Crippen molar-refractivity contribution in [1.82, 2.24) is 9.97 Å². The van der Waals surface area contributed by atoms with Gasteiger partial charge in [-0.25, -0.2) is 9.97 Å². The van der Waals surface area contributed by atoms with Gasteiger partial charge in [0.2, 0.25) is 0 Å². The molecular formula is C13H16N4O. The van der Waals surface area contributed by atoms with Gasteiger partial charge in [0.15, 0.2) is 0 Å². The van der Waals surface area contributed by atoms with Crippen LogP contribution in [0.25, 0.3) is 0 Å². The molecule has 1 aliphatic rings. The summed E-state index contributed by atoms with van der Waals surface area (Å²) in [6.07, 6.45) is 5.78. The topological polar surface area (TPSA) is 54.2 Å². The van der Waals surface area contributed by atoms with Crippen molar-refractivity contribution in [1.29, 1.82) is 0 Å². The molecule has 1 aliphatic heterocycles. The molecule has 0 bridgehead atoms. The molecule has 1 N–H and O–H groups in total. The van der Waals surface area contributed by atoms with Crippen LogP contribution in [0.15, 0.2) is 35.2 Å². The first kappa shape index (κ1) is 11.1. The molecule has 3 heterocycles. The van der Waals surface area contributed by atoms with E-state index in [-0.39, 0.29) is 0 Å². The van der Waals surface area contributed by atoms with Gasteiger partial charge in [-0.15, -0.1) is 0 Å².